The first-order chi connectivity index (χ1) is 9.20. The van der Waals surface area contributed by atoms with Gasteiger partial charge in [-0.1, -0.05) is 25.7 Å². The molecule has 1 fully saturated rings. The second kappa shape index (κ2) is 7.15. The number of methoxy groups -OCH3 is 1. The van der Waals surface area contributed by atoms with E-state index in [0.717, 1.165) is 24.6 Å². The number of hydrogen-bond donors (Lipinski definition) is 2. The summed E-state index contributed by atoms with van der Waals surface area (Å²) in [6, 6.07) is 3.81. The van der Waals surface area contributed by atoms with E-state index in [-0.39, 0.29) is 5.75 Å². The van der Waals surface area contributed by atoms with Crippen LogP contribution in [0.25, 0.3) is 0 Å². The van der Waals surface area contributed by atoms with Crippen molar-refractivity contribution < 1.29 is 9.84 Å². The molecule has 106 valence electrons. The van der Waals surface area contributed by atoms with E-state index in [2.05, 4.69) is 21.2 Å². The number of aromatic hydroxyl groups is 1. The summed E-state index contributed by atoms with van der Waals surface area (Å²) < 4.78 is 5.83. The first-order valence-electron chi connectivity index (χ1n) is 6.97. The molecule has 0 amide bonds. The van der Waals surface area contributed by atoms with E-state index >= 15 is 0 Å². The maximum Gasteiger partial charge on any atom is 0.172 e. The fraction of sp³-hybridized carbons (Fsp3) is 0.600. The maximum absolute atomic E-state index is 9.74. The summed E-state index contributed by atoms with van der Waals surface area (Å²) in [5, 5.41) is 13.2. The largest absolute Gasteiger partial charge is 0.503 e. The molecule has 1 aliphatic carbocycles. The molecule has 2 rings (SSSR count). The average molecular weight is 328 g/mol. The van der Waals surface area contributed by atoms with E-state index in [1.54, 1.807) is 7.11 Å². The standard InChI is InChI=1S/C15H22BrNO2/c1-19-14-9-12(8-13(16)15(14)18)10-17-7-6-11-4-2-3-5-11/h8-9,11,17-18H,2-7,10H2,1H3. The van der Waals surface area contributed by atoms with Crippen LogP contribution in [-0.2, 0) is 6.54 Å². The van der Waals surface area contributed by atoms with E-state index in [1.165, 1.54) is 32.1 Å². The van der Waals surface area contributed by atoms with Crippen LogP contribution in [0, 0.1) is 5.92 Å². The molecule has 19 heavy (non-hydrogen) atoms. The molecule has 0 atom stereocenters. The molecule has 1 aromatic carbocycles. The van der Waals surface area contributed by atoms with Crippen LogP contribution in [0.5, 0.6) is 11.5 Å². The third kappa shape index (κ3) is 4.11. The van der Waals surface area contributed by atoms with E-state index in [0.29, 0.717) is 10.2 Å². The van der Waals surface area contributed by atoms with Gasteiger partial charge in [-0.05, 0) is 52.5 Å². The Kier molecular flexibility index (Phi) is 5.52. The Bertz CT molecular complexity index is 417. The van der Waals surface area contributed by atoms with Gasteiger partial charge in [0, 0.05) is 6.54 Å². The van der Waals surface area contributed by atoms with Crippen LogP contribution in [0.15, 0.2) is 16.6 Å². The zero-order chi connectivity index (χ0) is 13.7. The summed E-state index contributed by atoms with van der Waals surface area (Å²) in [5.74, 6) is 1.60. The molecule has 0 aromatic heterocycles. The summed E-state index contributed by atoms with van der Waals surface area (Å²) >= 11 is 3.34. The van der Waals surface area contributed by atoms with Crippen molar-refractivity contribution in [1.29, 1.82) is 0 Å². The van der Waals surface area contributed by atoms with Gasteiger partial charge in [-0.25, -0.2) is 0 Å². The Balaban J connectivity index is 1.80. The van der Waals surface area contributed by atoms with Gasteiger partial charge in [0.15, 0.2) is 11.5 Å². The molecule has 0 aliphatic heterocycles. The molecule has 0 bridgehead atoms. The van der Waals surface area contributed by atoms with Crippen molar-refractivity contribution in [1.82, 2.24) is 5.32 Å². The molecule has 0 unspecified atom stereocenters. The Morgan fingerprint density at radius 1 is 1.37 bits per heavy atom. The topological polar surface area (TPSA) is 41.5 Å². The predicted octanol–water partition coefficient (Wildman–Crippen LogP) is 3.83. The van der Waals surface area contributed by atoms with Crippen LogP contribution >= 0.6 is 15.9 Å². The number of phenols is 1. The van der Waals surface area contributed by atoms with E-state index in [9.17, 15) is 5.11 Å². The van der Waals surface area contributed by atoms with Gasteiger partial charge in [0.05, 0.1) is 11.6 Å². The minimum absolute atomic E-state index is 0.164. The summed E-state index contributed by atoms with van der Waals surface area (Å²) in [4.78, 5) is 0. The average Bonchev–Trinajstić information content (AvgIpc) is 2.91. The minimum Gasteiger partial charge on any atom is -0.503 e. The Morgan fingerprint density at radius 2 is 2.11 bits per heavy atom. The Morgan fingerprint density at radius 3 is 2.79 bits per heavy atom. The molecule has 3 nitrogen and oxygen atoms in total. The highest BCUT2D eigenvalue weighted by Crippen LogP contribution is 2.35. The number of ether oxygens (including phenoxy) is 1. The molecule has 0 heterocycles. The molecule has 1 aromatic rings. The zero-order valence-corrected chi connectivity index (χ0v) is 13.0. The monoisotopic (exact) mass is 327 g/mol. The summed E-state index contributed by atoms with van der Waals surface area (Å²) in [6.45, 7) is 1.87. The quantitative estimate of drug-likeness (QED) is 0.780. The highest BCUT2D eigenvalue weighted by molar-refractivity contribution is 9.10. The van der Waals surface area contributed by atoms with Gasteiger partial charge in [-0.15, -0.1) is 0 Å². The zero-order valence-electron chi connectivity index (χ0n) is 11.4. The molecular formula is C15H22BrNO2. The third-order valence-electron chi connectivity index (χ3n) is 3.84. The van der Waals surface area contributed by atoms with Crippen molar-refractivity contribution in [3.63, 3.8) is 0 Å². The number of benzene rings is 1. The number of halogens is 1. The van der Waals surface area contributed by atoms with Crippen molar-refractivity contribution in [3.05, 3.63) is 22.2 Å². The summed E-state index contributed by atoms with van der Waals surface area (Å²) in [7, 11) is 1.57. The number of hydrogen-bond acceptors (Lipinski definition) is 3. The summed E-state index contributed by atoms with van der Waals surface area (Å²) in [5.41, 5.74) is 1.12. The number of rotatable bonds is 6. The third-order valence-corrected chi connectivity index (χ3v) is 4.45. The number of phenolic OH excluding ortho intramolecular Hbond substituents is 1. The van der Waals surface area contributed by atoms with Gasteiger partial charge in [-0.3, -0.25) is 0 Å². The van der Waals surface area contributed by atoms with Crippen molar-refractivity contribution in [2.45, 2.75) is 38.6 Å². The SMILES string of the molecule is COc1cc(CNCCC2CCCC2)cc(Br)c1O. The lowest BCUT2D eigenvalue weighted by atomic mass is 10.0. The molecule has 0 radical (unpaired) electrons. The highest BCUT2D eigenvalue weighted by atomic mass is 79.9. The molecule has 2 N–H and O–H groups in total. The van der Waals surface area contributed by atoms with Crippen LogP contribution in [0.2, 0.25) is 0 Å². The van der Waals surface area contributed by atoms with Gasteiger partial charge in [0.25, 0.3) is 0 Å². The molecule has 0 saturated heterocycles. The second-order valence-corrected chi connectivity index (χ2v) is 6.10. The highest BCUT2D eigenvalue weighted by Gasteiger charge is 2.14. The van der Waals surface area contributed by atoms with Crippen LogP contribution in [-0.4, -0.2) is 18.8 Å². The molecule has 1 aliphatic rings. The molecular weight excluding hydrogens is 306 g/mol. The van der Waals surface area contributed by atoms with Crippen LogP contribution < -0.4 is 10.1 Å². The first kappa shape index (κ1) is 14.7. The van der Waals surface area contributed by atoms with Gasteiger partial charge in [-0.2, -0.15) is 0 Å². The van der Waals surface area contributed by atoms with E-state index in [4.69, 9.17) is 4.74 Å². The van der Waals surface area contributed by atoms with Crippen molar-refractivity contribution in [3.8, 4) is 11.5 Å². The van der Waals surface area contributed by atoms with Gasteiger partial charge >= 0.3 is 0 Å². The van der Waals surface area contributed by atoms with Crippen molar-refractivity contribution in [2.24, 2.45) is 5.92 Å². The smallest absolute Gasteiger partial charge is 0.172 e. The lowest BCUT2D eigenvalue weighted by Crippen LogP contribution is -2.17. The van der Waals surface area contributed by atoms with E-state index < -0.39 is 0 Å². The lowest BCUT2D eigenvalue weighted by Gasteiger charge is -2.11. The van der Waals surface area contributed by atoms with Gasteiger partial charge in [0.2, 0.25) is 0 Å². The molecule has 1 saturated carbocycles. The van der Waals surface area contributed by atoms with Gasteiger partial charge in [0.1, 0.15) is 0 Å². The van der Waals surface area contributed by atoms with Gasteiger partial charge < -0.3 is 15.2 Å². The van der Waals surface area contributed by atoms with E-state index in [1.807, 2.05) is 12.1 Å². The normalized spacial score (nSPS) is 15.9. The first-order valence-corrected chi connectivity index (χ1v) is 7.76. The minimum atomic E-state index is 0.164. The maximum atomic E-state index is 9.74. The fourth-order valence-electron chi connectivity index (χ4n) is 2.72. The van der Waals surface area contributed by atoms with Crippen molar-refractivity contribution >= 4 is 15.9 Å². The Hall–Kier alpha value is -0.740. The predicted molar refractivity (Wildman–Crippen MR) is 80.6 cm³/mol. The Labute approximate surface area is 123 Å². The van der Waals surface area contributed by atoms with Crippen LogP contribution in [0.1, 0.15) is 37.7 Å². The number of nitrogens with one attached hydrogen (secondary N) is 1. The van der Waals surface area contributed by atoms with Crippen LogP contribution in [0.4, 0.5) is 0 Å². The lowest BCUT2D eigenvalue weighted by molar-refractivity contribution is 0.371. The molecule has 4 heteroatoms. The molecule has 0 spiro atoms. The fourth-order valence-corrected chi connectivity index (χ4v) is 3.21. The summed E-state index contributed by atoms with van der Waals surface area (Å²) in [6.07, 6.45) is 6.90. The van der Waals surface area contributed by atoms with Crippen molar-refractivity contribution in [2.75, 3.05) is 13.7 Å². The second-order valence-electron chi connectivity index (χ2n) is 5.24. The van der Waals surface area contributed by atoms with Crippen LogP contribution in [0.3, 0.4) is 0 Å².